The average molecular weight is 302 g/mol. The summed E-state index contributed by atoms with van der Waals surface area (Å²) in [6.07, 6.45) is -4.16. The number of amides is 1. The van der Waals surface area contributed by atoms with E-state index in [0.717, 1.165) is 25.2 Å². The Labute approximate surface area is 120 Å². The molecule has 1 amide bonds. The fourth-order valence-electron chi connectivity index (χ4n) is 2.08. The van der Waals surface area contributed by atoms with Crippen LogP contribution in [0.25, 0.3) is 0 Å². The highest BCUT2D eigenvalue weighted by Crippen LogP contribution is 2.30. The number of halogens is 3. The Morgan fingerprint density at radius 3 is 2.67 bits per heavy atom. The molecule has 1 aromatic carbocycles. The van der Waals surface area contributed by atoms with Crippen LogP contribution in [0.1, 0.15) is 12.0 Å². The summed E-state index contributed by atoms with van der Waals surface area (Å²) in [5.41, 5.74) is -0.606. The number of hydrogen-bond acceptors (Lipinski definition) is 3. The summed E-state index contributed by atoms with van der Waals surface area (Å²) in [6, 6.07) is 4.64. The number of alkyl halides is 3. The standard InChI is InChI=1S/C14H17F3N2O2/c15-14(16,17)11-2-1-3-12(10-11)18-13(20)4-5-19-6-8-21-9-7-19/h1-3,10H,4-9H2,(H,18,20). The molecule has 0 spiro atoms. The van der Waals surface area contributed by atoms with Crippen LogP contribution in [0.4, 0.5) is 18.9 Å². The number of hydrogen-bond donors (Lipinski definition) is 1. The second kappa shape index (κ2) is 6.91. The Morgan fingerprint density at radius 1 is 1.29 bits per heavy atom. The SMILES string of the molecule is O=C(CCN1CCOCC1)Nc1cccc(C(F)(F)F)c1. The fraction of sp³-hybridized carbons (Fsp3) is 0.500. The van der Waals surface area contributed by atoms with Crippen LogP contribution in [-0.4, -0.2) is 43.7 Å². The van der Waals surface area contributed by atoms with Gasteiger partial charge in [0.15, 0.2) is 0 Å². The average Bonchev–Trinajstić information content (AvgIpc) is 2.46. The van der Waals surface area contributed by atoms with E-state index in [2.05, 4.69) is 10.2 Å². The highest BCUT2D eigenvalue weighted by atomic mass is 19.4. The number of anilines is 1. The van der Waals surface area contributed by atoms with Crippen LogP contribution >= 0.6 is 0 Å². The second-order valence-electron chi connectivity index (χ2n) is 4.83. The lowest BCUT2D eigenvalue weighted by molar-refractivity contribution is -0.137. The topological polar surface area (TPSA) is 41.6 Å². The van der Waals surface area contributed by atoms with Crippen molar-refractivity contribution in [2.75, 3.05) is 38.2 Å². The molecular weight excluding hydrogens is 285 g/mol. The van der Waals surface area contributed by atoms with Gasteiger partial charge in [0.1, 0.15) is 0 Å². The van der Waals surface area contributed by atoms with E-state index >= 15 is 0 Å². The summed E-state index contributed by atoms with van der Waals surface area (Å²) in [5, 5.41) is 2.50. The molecule has 0 bridgehead atoms. The molecule has 1 N–H and O–H groups in total. The molecule has 1 saturated heterocycles. The maximum absolute atomic E-state index is 12.6. The summed E-state index contributed by atoms with van der Waals surface area (Å²) in [7, 11) is 0. The Hall–Kier alpha value is -1.60. The quantitative estimate of drug-likeness (QED) is 0.928. The van der Waals surface area contributed by atoms with Gasteiger partial charge in [0, 0.05) is 31.7 Å². The molecule has 4 nitrogen and oxygen atoms in total. The van der Waals surface area contributed by atoms with Gasteiger partial charge in [-0.1, -0.05) is 6.07 Å². The van der Waals surface area contributed by atoms with E-state index in [0.29, 0.717) is 19.8 Å². The molecule has 0 aromatic heterocycles. The zero-order chi connectivity index (χ0) is 15.3. The van der Waals surface area contributed by atoms with E-state index in [1.54, 1.807) is 0 Å². The lowest BCUT2D eigenvalue weighted by Crippen LogP contribution is -2.38. The highest BCUT2D eigenvalue weighted by Gasteiger charge is 2.30. The highest BCUT2D eigenvalue weighted by molar-refractivity contribution is 5.90. The molecule has 2 rings (SSSR count). The molecule has 0 saturated carbocycles. The van der Waals surface area contributed by atoms with Gasteiger partial charge >= 0.3 is 6.18 Å². The summed E-state index contributed by atoms with van der Waals surface area (Å²) < 4.78 is 42.9. The minimum atomic E-state index is -4.41. The number of morpholine rings is 1. The molecule has 116 valence electrons. The van der Waals surface area contributed by atoms with Gasteiger partial charge in [-0.25, -0.2) is 0 Å². The van der Waals surface area contributed by atoms with Crippen molar-refractivity contribution < 1.29 is 22.7 Å². The number of nitrogens with zero attached hydrogens (tertiary/aromatic N) is 1. The Balaban J connectivity index is 1.84. The van der Waals surface area contributed by atoms with Gasteiger partial charge in [-0.15, -0.1) is 0 Å². The number of ether oxygens (including phenoxy) is 1. The predicted molar refractivity (Wildman–Crippen MR) is 71.9 cm³/mol. The van der Waals surface area contributed by atoms with E-state index in [1.165, 1.54) is 12.1 Å². The number of rotatable bonds is 4. The van der Waals surface area contributed by atoms with E-state index in [9.17, 15) is 18.0 Å². The van der Waals surface area contributed by atoms with Crippen molar-refractivity contribution in [1.29, 1.82) is 0 Å². The van der Waals surface area contributed by atoms with Crippen LogP contribution < -0.4 is 5.32 Å². The lowest BCUT2D eigenvalue weighted by Gasteiger charge is -2.26. The molecule has 1 aromatic rings. The smallest absolute Gasteiger partial charge is 0.379 e. The molecule has 21 heavy (non-hydrogen) atoms. The fourth-order valence-corrected chi connectivity index (χ4v) is 2.08. The van der Waals surface area contributed by atoms with Crippen molar-refractivity contribution in [1.82, 2.24) is 4.90 Å². The molecule has 0 atom stereocenters. The lowest BCUT2D eigenvalue weighted by atomic mass is 10.2. The molecule has 0 aliphatic carbocycles. The van der Waals surface area contributed by atoms with Crippen molar-refractivity contribution in [3.63, 3.8) is 0 Å². The third-order valence-electron chi connectivity index (χ3n) is 3.23. The van der Waals surface area contributed by atoms with Crippen molar-refractivity contribution in [2.24, 2.45) is 0 Å². The van der Waals surface area contributed by atoms with Crippen LogP contribution in [0.15, 0.2) is 24.3 Å². The molecule has 1 fully saturated rings. The van der Waals surface area contributed by atoms with E-state index in [4.69, 9.17) is 4.74 Å². The Kier molecular flexibility index (Phi) is 5.19. The monoisotopic (exact) mass is 302 g/mol. The van der Waals surface area contributed by atoms with Crippen LogP contribution in [0, 0.1) is 0 Å². The number of benzene rings is 1. The van der Waals surface area contributed by atoms with Gasteiger partial charge in [-0.2, -0.15) is 13.2 Å². The van der Waals surface area contributed by atoms with Gasteiger partial charge in [0.25, 0.3) is 0 Å². The van der Waals surface area contributed by atoms with Crippen LogP contribution in [-0.2, 0) is 15.7 Å². The molecule has 1 aliphatic heterocycles. The van der Waals surface area contributed by atoms with Gasteiger partial charge < -0.3 is 10.1 Å². The zero-order valence-electron chi connectivity index (χ0n) is 11.4. The third kappa shape index (κ3) is 5.02. The third-order valence-corrected chi connectivity index (χ3v) is 3.23. The summed E-state index contributed by atoms with van der Waals surface area (Å²) >= 11 is 0. The van der Waals surface area contributed by atoms with E-state index in [-0.39, 0.29) is 18.0 Å². The minimum absolute atomic E-state index is 0.164. The summed E-state index contributed by atoms with van der Waals surface area (Å²) in [6.45, 7) is 3.42. The first-order chi connectivity index (χ1) is 9.95. The maximum atomic E-state index is 12.6. The molecule has 1 aliphatic rings. The predicted octanol–water partition coefficient (Wildman–Crippen LogP) is 2.37. The van der Waals surface area contributed by atoms with Crippen LogP contribution in [0.3, 0.4) is 0 Å². The second-order valence-corrected chi connectivity index (χ2v) is 4.83. The van der Waals surface area contributed by atoms with E-state index < -0.39 is 11.7 Å². The molecule has 0 radical (unpaired) electrons. The van der Waals surface area contributed by atoms with Crippen molar-refractivity contribution in [3.05, 3.63) is 29.8 Å². The number of carbonyl (C=O) groups excluding carboxylic acids is 1. The van der Waals surface area contributed by atoms with Crippen LogP contribution in [0.5, 0.6) is 0 Å². The van der Waals surface area contributed by atoms with Gasteiger partial charge in [-0.05, 0) is 18.2 Å². The normalized spacial score (nSPS) is 16.7. The molecule has 0 unspecified atom stereocenters. The first-order valence-corrected chi connectivity index (χ1v) is 6.72. The molecular formula is C14H17F3N2O2. The number of nitrogens with one attached hydrogen (secondary N) is 1. The van der Waals surface area contributed by atoms with Crippen molar-refractivity contribution in [3.8, 4) is 0 Å². The van der Waals surface area contributed by atoms with Crippen molar-refractivity contribution >= 4 is 11.6 Å². The van der Waals surface area contributed by atoms with Gasteiger partial charge in [-0.3, -0.25) is 9.69 Å². The maximum Gasteiger partial charge on any atom is 0.416 e. The summed E-state index contributed by atoms with van der Waals surface area (Å²) in [5.74, 6) is -0.291. The zero-order valence-corrected chi connectivity index (χ0v) is 11.4. The Morgan fingerprint density at radius 2 is 2.00 bits per heavy atom. The van der Waals surface area contributed by atoms with Gasteiger partial charge in [0.2, 0.25) is 5.91 Å². The first-order valence-electron chi connectivity index (χ1n) is 6.72. The Bertz CT molecular complexity index is 485. The molecule has 1 heterocycles. The largest absolute Gasteiger partial charge is 0.416 e. The van der Waals surface area contributed by atoms with Crippen LogP contribution in [0.2, 0.25) is 0 Å². The minimum Gasteiger partial charge on any atom is -0.379 e. The first kappa shape index (κ1) is 15.8. The number of carbonyl (C=O) groups is 1. The van der Waals surface area contributed by atoms with Gasteiger partial charge in [0.05, 0.1) is 18.8 Å². The molecule has 7 heteroatoms. The summed E-state index contributed by atoms with van der Waals surface area (Å²) in [4.78, 5) is 13.9. The van der Waals surface area contributed by atoms with E-state index in [1.807, 2.05) is 0 Å². The van der Waals surface area contributed by atoms with Crippen molar-refractivity contribution in [2.45, 2.75) is 12.6 Å².